The van der Waals surface area contributed by atoms with E-state index in [9.17, 15) is 13.2 Å². The number of alkyl halides is 1. The number of hydrogen-bond acceptors (Lipinski definition) is 6. The molecule has 34 heavy (non-hydrogen) atoms. The summed E-state index contributed by atoms with van der Waals surface area (Å²) in [5.74, 6) is -2.00. The van der Waals surface area contributed by atoms with Gasteiger partial charge in [-0.25, -0.2) is 13.2 Å². The van der Waals surface area contributed by atoms with Gasteiger partial charge in [-0.1, -0.05) is 5.16 Å². The van der Waals surface area contributed by atoms with Crippen LogP contribution in [-0.4, -0.2) is 40.5 Å². The van der Waals surface area contributed by atoms with Gasteiger partial charge in [0, 0.05) is 54.9 Å². The average molecular weight is 468 g/mol. The largest absolute Gasteiger partial charge is 0.365 e. The number of halogens is 3. The summed E-state index contributed by atoms with van der Waals surface area (Å²) >= 11 is 0. The summed E-state index contributed by atoms with van der Waals surface area (Å²) in [7, 11) is 0. The molecule has 9 heteroatoms. The molecule has 3 aromatic rings. The molecule has 0 bridgehead atoms. The maximum Gasteiger partial charge on any atom is 0.255 e. The molecule has 5 rings (SSSR count). The number of hydrogen-bond donors (Lipinski definition) is 0. The van der Waals surface area contributed by atoms with Crippen LogP contribution in [0.25, 0.3) is 0 Å². The first-order chi connectivity index (χ1) is 16.6. The molecule has 0 amide bonds. The summed E-state index contributed by atoms with van der Waals surface area (Å²) in [6.45, 7) is 1.89. The number of oxime groups is 1. The van der Waals surface area contributed by atoms with Crippen LogP contribution in [0.4, 0.5) is 13.2 Å². The second kappa shape index (κ2) is 9.52. The van der Waals surface area contributed by atoms with Gasteiger partial charge in [0.1, 0.15) is 5.71 Å². The van der Waals surface area contributed by atoms with Crippen molar-refractivity contribution in [1.82, 2.24) is 14.9 Å². The van der Waals surface area contributed by atoms with E-state index in [4.69, 9.17) is 4.74 Å². The third-order valence-corrected chi connectivity index (χ3v) is 6.45. The second-order valence-electron chi connectivity index (χ2n) is 8.44. The van der Waals surface area contributed by atoms with E-state index in [-0.39, 0.29) is 16.9 Å². The maximum atomic E-state index is 13.7. The van der Waals surface area contributed by atoms with Crippen LogP contribution in [0.2, 0.25) is 0 Å². The molecule has 1 spiro atoms. The first kappa shape index (κ1) is 22.5. The number of piperidine rings is 1. The van der Waals surface area contributed by atoms with Crippen molar-refractivity contribution in [1.29, 1.82) is 0 Å². The van der Waals surface area contributed by atoms with Crippen LogP contribution in [0.1, 0.15) is 40.8 Å². The SMILES string of the molecule is FCON=C(c1ccc(CN2CCC3(CC2)OCc2ccncc23)nc1)c1ccc(F)c(F)c1. The number of fused-ring (bicyclic) bond motifs is 2. The Hall–Kier alpha value is -3.30. The molecule has 4 heterocycles. The molecule has 1 fully saturated rings. The van der Waals surface area contributed by atoms with Crippen LogP contribution in [0.3, 0.4) is 0 Å². The number of ether oxygens (including phenoxy) is 1. The van der Waals surface area contributed by atoms with Gasteiger partial charge in [-0.2, -0.15) is 0 Å². The smallest absolute Gasteiger partial charge is 0.255 e. The Kier molecular flexibility index (Phi) is 6.30. The van der Waals surface area contributed by atoms with Crippen LogP contribution in [0.5, 0.6) is 0 Å². The van der Waals surface area contributed by atoms with Gasteiger partial charge in [-0.05, 0) is 54.8 Å². The van der Waals surface area contributed by atoms with Crippen LogP contribution in [0, 0.1) is 11.6 Å². The molecule has 1 saturated heterocycles. The minimum atomic E-state index is -1.14. The Morgan fingerprint density at radius 2 is 1.88 bits per heavy atom. The standard InChI is InChI=1S/C25H23F3N4O2/c26-16-34-31-24(17-2-4-22(27)23(28)11-17)18-1-3-20(30-12-18)14-32-9-6-25(7-10-32)21-13-29-8-5-19(21)15-33-25/h1-5,8,11-13H,6-7,9-10,14-16H2. The first-order valence-electron chi connectivity index (χ1n) is 11.0. The molecule has 6 nitrogen and oxygen atoms in total. The van der Waals surface area contributed by atoms with E-state index in [2.05, 4.69) is 24.9 Å². The molecule has 2 aliphatic heterocycles. The number of pyridine rings is 2. The fraction of sp³-hybridized carbons (Fsp3) is 0.320. The highest BCUT2D eigenvalue weighted by molar-refractivity contribution is 6.12. The highest BCUT2D eigenvalue weighted by Gasteiger charge is 2.42. The van der Waals surface area contributed by atoms with E-state index in [1.54, 1.807) is 18.5 Å². The molecular formula is C25H23F3N4O2. The number of benzene rings is 1. The van der Waals surface area contributed by atoms with Gasteiger partial charge in [-0.15, -0.1) is 0 Å². The number of likely N-dealkylation sites (tertiary alicyclic amines) is 1. The molecule has 0 saturated carbocycles. The van der Waals surface area contributed by atoms with Crippen LogP contribution in [0.15, 0.2) is 60.1 Å². The van der Waals surface area contributed by atoms with Gasteiger partial charge < -0.3 is 9.57 Å². The summed E-state index contributed by atoms with van der Waals surface area (Å²) in [4.78, 5) is 15.7. The number of rotatable bonds is 6. The van der Waals surface area contributed by atoms with Crippen molar-refractivity contribution in [2.45, 2.75) is 31.6 Å². The first-order valence-corrected chi connectivity index (χ1v) is 11.0. The van der Waals surface area contributed by atoms with Gasteiger partial charge in [-0.3, -0.25) is 14.9 Å². The molecule has 0 N–H and O–H groups in total. The topological polar surface area (TPSA) is 59.8 Å². The van der Waals surface area contributed by atoms with Crippen LogP contribution >= 0.6 is 0 Å². The van der Waals surface area contributed by atoms with Gasteiger partial charge in [0.2, 0.25) is 0 Å². The molecule has 0 atom stereocenters. The summed E-state index contributed by atoms with van der Waals surface area (Å²) in [5, 5.41) is 3.74. The van der Waals surface area contributed by atoms with Crippen molar-refractivity contribution in [3.63, 3.8) is 0 Å². The minimum Gasteiger partial charge on any atom is -0.365 e. The lowest BCUT2D eigenvalue weighted by Gasteiger charge is -2.39. The Bertz CT molecular complexity index is 1200. The highest BCUT2D eigenvalue weighted by atomic mass is 19.2. The Labute approximate surface area is 195 Å². The summed E-state index contributed by atoms with van der Waals surface area (Å²) in [6.07, 6.45) is 7.08. The Balaban J connectivity index is 1.27. The van der Waals surface area contributed by atoms with Crippen molar-refractivity contribution in [3.8, 4) is 0 Å². The predicted molar refractivity (Wildman–Crippen MR) is 119 cm³/mol. The van der Waals surface area contributed by atoms with E-state index in [0.717, 1.165) is 43.8 Å². The molecule has 0 aliphatic carbocycles. The predicted octanol–water partition coefficient (Wildman–Crippen LogP) is 4.47. The lowest BCUT2D eigenvalue weighted by molar-refractivity contribution is -0.0801. The summed E-state index contributed by atoms with van der Waals surface area (Å²) < 4.78 is 45.8. The van der Waals surface area contributed by atoms with E-state index in [1.165, 1.54) is 17.2 Å². The van der Waals surface area contributed by atoms with E-state index < -0.39 is 18.5 Å². The number of nitrogens with zero attached hydrogens (tertiary/aromatic N) is 4. The molecule has 1 aromatic carbocycles. The normalized spacial score (nSPS) is 17.7. The quantitative estimate of drug-likeness (QED) is 0.395. The highest BCUT2D eigenvalue weighted by Crippen LogP contribution is 2.43. The third kappa shape index (κ3) is 4.41. The average Bonchev–Trinajstić information content (AvgIpc) is 3.22. The van der Waals surface area contributed by atoms with Crippen molar-refractivity contribution in [3.05, 3.63) is 94.6 Å². The van der Waals surface area contributed by atoms with Gasteiger partial charge in [0.05, 0.1) is 17.9 Å². The van der Waals surface area contributed by atoms with E-state index in [1.807, 2.05) is 18.3 Å². The monoisotopic (exact) mass is 468 g/mol. The molecule has 176 valence electrons. The lowest BCUT2D eigenvalue weighted by Crippen LogP contribution is -2.42. The number of aromatic nitrogens is 2. The van der Waals surface area contributed by atoms with Gasteiger partial charge >= 0.3 is 0 Å². The van der Waals surface area contributed by atoms with Crippen molar-refractivity contribution in [2.24, 2.45) is 5.16 Å². The van der Waals surface area contributed by atoms with Crippen LogP contribution in [-0.2, 0) is 28.3 Å². The van der Waals surface area contributed by atoms with E-state index in [0.29, 0.717) is 18.7 Å². The minimum absolute atomic E-state index is 0.168. The molecule has 0 radical (unpaired) electrons. The van der Waals surface area contributed by atoms with Crippen molar-refractivity contribution < 1.29 is 22.7 Å². The summed E-state index contributed by atoms with van der Waals surface area (Å²) in [5.41, 5.74) is 3.96. The lowest BCUT2D eigenvalue weighted by atomic mass is 9.85. The Morgan fingerprint density at radius 3 is 2.62 bits per heavy atom. The molecule has 2 aliphatic rings. The zero-order valence-electron chi connectivity index (χ0n) is 18.4. The molecule has 0 unspecified atom stereocenters. The van der Waals surface area contributed by atoms with Crippen molar-refractivity contribution >= 4 is 5.71 Å². The van der Waals surface area contributed by atoms with Gasteiger partial charge in [0.15, 0.2) is 11.6 Å². The third-order valence-electron chi connectivity index (χ3n) is 6.45. The molecule has 2 aromatic heterocycles. The van der Waals surface area contributed by atoms with E-state index >= 15 is 0 Å². The zero-order valence-corrected chi connectivity index (χ0v) is 18.4. The molecular weight excluding hydrogens is 445 g/mol. The summed E-state index contributed by atoms with van der Waals surface area (Å²) in [6, 6.07) is 8.97. The van der Waals surface area contributed by atoms with Gasteiger partial charge in [0.25, 0.3) is 6.86 Å². The fourth-order valence-corrected chi connectivity index (χ4v) is 4.63. The second-order valence-corrected chi connectivity index (χ2v) is 8.44. The Morgan fingerprint density at radius 1 is 1.06 bits per heavy atom. The van der Waals surface area contributed by atoms with Crippen LogP contribution < -0.4 is 0 Å². The maximum absolute atomic E-state index is 13.7. The van der Waals surface area contributed by atoms with Crippen molar-refractivity contribution in [2.75, 3.05) is 20.0 Å². The zero-order chi connectivity index (χ0) is 23.5. The fourth-order valence-electron chi connectivity index (χ4n) is 4.63.